The third-order valence-corrected chi connectivity index (χ3v) is 2.89. The van der Waals surface area contributed by atoms with Crippen molar-refractivity contribution < 1.29 is 23.1 Å². The Morgan fingerprint density at radius 2 is 2.21 bits per heavy atom. The first kappa shape index (κ1) is 13.6. The normalized spacial score (nSPS) is 10.3. The number of methoxy groups -OCH3 is 1. The fraction of sp³-hybridized carbons (Fsp3) is 0.154. The molecule has 0 radical (unpaired) electrons. The lowest BCUT2D eigenvalue weighted by Gasteiger charge is -2.07. The zero-order chi connectivity index (χ0) is 13.8. The molecule has 100 valence electrons. The maximum Gasteiger partial charge on any atom is 0.374 e. The van der Waals surface area contributed by atoms with E-state index >= 15 is 0 Å². The van der Waals surface area contributed by atoms with Crippen molar-refractivity contribution in [2.45, 2.75) is 6.61 Å². The van der Waals surface area contributed by atoms with Crippen molar-refractivity contribution >= 4 is 21.9 Å². The van der Waals surface area contributed by atoms with E-state index in [1.165, 1.54) is 25.5 Å². The molecule has 0 saturated heterocycles. The Hall–Kier alpha value is -1.82. The van der Waals surface area contributed by atoms with Crippen LogP contribution in [0.5, 0.6) is 5.75 Å². The molecule has 0 fully saturated rings. The minimum Gasteiger partial charge on any atom is -0.486 e. The van der Waals surface area contributed by atoms with Crippen LogP contribution in [0.2, 0.25) is 0 Å². The van der Waals surface area contributed by atoms with E-state index in [0.29, 0.717) is 10.0 Å². The highest BCUT2D eigenvalue weighted by Gasteiger charge is 2.16. The molecule has 19 heavy (non-hydrogen) atoms. The number of hydrogen-bond donors (Lipinski definition) is 0. The zero-order valence-electron chi connectivity index (χ0n) is 9.98. The number of carbonyl (C=O) groups excluding carboxylic acids is 1. The van der Waals surface area contributed by atoms with Gasteiger partial charge in [0.05, 0.1) is 13.4 Å². The average Bonchev–Trinajstić information content (AvgIpc) is 2.85. The van der Waals surface area contributed by atoms with E-state index in [4.69, 9.17) is 9.15 Å². The molecule has 2 rings (SSSR count). The van der Waals surface area contributed by atoms with E-state index in [2.05, 4.69) is 20.7 Å². The first-order valence-electron chi connectivity index (χ1n) is 5.34. The molecule has 0 N–H and O–H groups in total. The monoisotopic (exact) mass is 328 g/mol. The second-order valence-corrected chi connectivity index (χ2v) is 4.55. The SMILES string of the molecule is COC(=O)c1occc1COc1ccc(Br)cc1F. The van der Waals surface area contributed by atoms with Crippen molar-refractivity contribution in [2.24, 2.45) is 0 Å². The number of benzene rings is 1. The van der Waals surface area contributed by atoms with Crippen molar-refractivity contribution in [3.05, 3.63) is 52.1 Å². The highest BCUT2D eigenvalue weighted by atomic mass is 79.9. The van der Waals surface area contributed by atoms with Crippen LogP contribution in [0.15, 0.2) is 39.4 Å². The van der Waals surface area contributed by atoms with Crippen molar-refractivity contribution in [3.8, 4) is 5.75 Å². The van der Waals surface area contributed by atoms with E-state index in [1.54, 1.807) is 12.1 Å². The topological polar surface area (TPSA) is 48.7 Å². The molecule has 4 nitrogen and oxygen atoms in total. The molecule has 0 aliphatic carbocycles. The van der Waals surface area contributed by atoms with Crippen LogP contribution in [-0.4, -0.2) is 13.1 Å². The summed E-state index contributed by atoms with van der Waals surface area (Å²) in [5.74, 6) is -0.933. The molecule has 1 aromatic carbocycles. The predicted octanol–water partition coefficient (Wildman–Crippen LogP) is 3.55. The molecular formula is C13H10BrFO4. The van der Waals surface area contributed by atoms with E-state index < -0.39 is 11.8 Å². The van der Waals surface area contributed by atoms with Crippen LogP contribution in [-0.2, 0) is 11.3 Å². The van der Waals surface area contributed by atoms with Gasteiger partial charge >= 0.3 is 5.97 Å². The number of ether oxygens (including phenoxy) is 2. The van der Waals surface area contributed by atoms with Crippen molar-refractivity contribution in [1.29, 1.82) is 0 Å². The molecule has 0 unspecified atom stereocenters. The van der Waals surface area contributed by atoms with Crippen LogP contribution in [0.3, 0.4) is 0 Å². The van der Waals surface area contributed by atoms with Gasteiger partial charge in [0.2, 0.25) is 5.76 Å². The lowest BCUT2D eigenvalue weighted by molar-refractivity contribution is 0.0561. The maximum absolute atomic E-state index is 13.5. The third-order valence-electron chi connectivity index (χ3n) is 2.39. The minimum absolute atomic E-state index is 0.0134. The molecule has 0 atom stereocenters. The summed E-state index contributed by atoms with van der Waals surface area (Å²) in [5, 5.41) is 0. The highest BCUT2D eigenvalue weighted by molar-refractivity contribution is 9.10. The molecule has 0 saturated carbocycles. The second kappa shape index (κ2) is 5.88. The lowest BCUT2D eigenvalue weighted by atomic mass is 10.2. The Labute approximate surface area is 117 Å². The van der Waals surface area contributed by atoms with Gasteiger partial charge in [-0.25, -0.2) is 9.18 Å². The van der Waals surface area contributed by atoms with Crippen LogP contribution in [0.4, 0.5) is 4.39 Å². The van der Waals surface area contributed by atoms with Crippen molar-refractivity contribution in [1.82, 2.24) is 0 Å². The summed E-state index contributed by atoms with van der Waals surface area (Å²) in [6.07, 6.45) is 1.35. The quantitative estimate of drug-likeness (QED) is 0.805. The standard InChI is InChI=1S/C13H10BrFO4/c1-17-13(16)12-8(4-5-18-12)7-19-11-3-2-9(14)6-10(11)15/h2-6H,7H2,1H3. The predicted molar refractivity (Wildman–Crippen MR) is 68.5 cm³/mol. The largest absolute Gasteiger partial charge is 0.486 e. The number of halogens is 2. The Morgan fingerprint density at radius 1 is 1.42 bits per heavy atom. The second-order valence-electron chi connectivity index (χ2n) is 3.63. The fourth-order valence-electron chi connectivity index (χ4n) is 1.47. The third kappa shape index (κ3) is 3.14. The van der Waals surface area contributed by atoms with Crippen molar-refractivity contribution in [3.63, 3.8) is 0 Å². The smallest absolute Gasteiger partial charge is 0.374 e. The first-order chi connectivity index (χ1) is 9.11. The summed E-state index contributed by atoms with van der Waals surface area (Å²) in [6, 6.07) is 6.03. The van der Waals surface area contributed by atoms with Gasteiger partial charge < -0.3 is 13.9 Å². The number of carbonyl (C=O) groups is 1. The number of furan rings is 1. The van der Waals surface area contributed by atoms with Gasteiger partial charge in [0, 0.05) is 10.0 Å². The lowest BCUT2D eigenvalue weighted by Crippen LogP contribution is -2.05. The molecule has 6 heteroatoms. The average molecular weight is 329 g/mol. The summed E-state index contributed by atoms with van der Waals surface area (Å²) >= 11 is 3.15. The van der Waals surface area contributed by atoms with Crippen LogP contribution in [0.1, 0.15) is 16.1 Å². The van der Waals surface area contributed by atoms with Crippen LogP contribution >= 0.6 is 15.9 Å². The van der Waals surface area contributed by atoms with E-state index in [0.717, 1.165) is 0 Å². The van der Waals surface area contributed by atoms with Gasteiger partial charge in [-0.2, -0.15) is 0 Å². The van der Waals surface area contributed by atoms with Gasteiger partial charge in [-0.3, -0.25) is 0 Å². The summed E-state index contributed by atoms with van der Waals surface area (Å²) in [6.45, 7) is 0.0134. The summed E-state index contributed by atoms with van der Waals surface area (Å²) < 4.78 is 29.0. The molecule has 0 bridgehead atoms. The molecule has 0 spiro atoms. The molecular weight excluding hydrogens is 319 g/mol. The molecule has 1 aromatic heterocycles. The Balaban J connectivity index is 2.10. The van der Waals surface area contributed by atoms with Crippen molar-refractivity contribution in [2.75, 3.05) is 7.11 Å². The van der Waals surface area contributed by atoms with Gasteiger partial charge in [-0.15, -0.1) is 0 Å². The molecule has 0 amide bonds. The van der Waals surface area contributed by atoms with Gasteiger partial charge in [-0.05, 0) is 24.3 Å². The number of hydrogen-bond acceptors (Lipinski definition) is 4. The fourth-order valence-corrected chi connectivity index (χ4v) is 1.80. The maximum atomic E-state index is 13.5. The summed E-state index contributed by atoms with van der Waals surface area (Å²) in [4.78, 5) is 11.4. The molecule has 2 aromatic rings. The van der Waals surface area contributed by atoms with Gasteiger partial charge in [0.1, 0.15) is 6.61 Å². The van der Waals surface area contributed by atoms with E-state index in [-0.39, 0.29) is 18.1 Å². The number of rotatable bonds is 4. The summed E-state index contributed by atoms with van der Waals surface area (Å²) in [5.41, 5.74) is 0.495. The molecule has 0 aliphatic heterocycles. The Morgan fingerprint density at radius 3 is 2.89 bits per heavy atom. The minimum atomic E-state index is -0.597. The highest BCUT2D eigenvalue weighted by Crippen LogP contribution is 2.23. The number of esters is 1. The molecule has 0 aliphatic rings. The molecule has 1 heterocycles. The summed E-state index contributed by atoms with van der Waals surface area (Å²) in [7, 11) is 1.25. The zero-order valence-corrected chi connectivity index (χ0v) is 11.6. The van der Waals surface area contributed by atoms with Crippen LogP contribution in [0, 0.1) is 5.82 Å². The van der Waals surface area contributed by atoms with Gasteiger partial charge in [-0.1, -0.05) is 15.9 Å². The first-order valence-corrected chi connectivity index (χ1v) is 6.13. The Bertz CT molecular complexity index is 594. The van der Waals surface area contributed by atoms with Crippen LogP contribution in [0.25, 0.3) is 0 Å². The Kier molecular flexibility index (Phi) is 4.21. The van der Waals surface area contributed by atoms with Gasteiger partial charge in [0.25, 0.3) is 0 Å². The van der Waals surface area contributed by atoms with Crippen LogP contribution < -0.4 is 4.74 Å². The van der Waals surface area contributed by atoms with Gasteiger partial charge in [0.15, 0.2) is 11.6 Å². The van der Waals surface area contributed by atoms with E-state index in [9.17, 15) is 9.18 Å². The van der Waals surface area contributed by atoms with E-state index in [1.807, 2.05) is 0 Å².